The SMILES string of the molecule is C=NCC=NC.CCC(C)(C)NC(=O)c1cc(C)cc(-c2ccc(F)c(F)c2)c1. The highest BCUT2D eigenvalue weighted by Crippen LogP contribution is 2.24. The lowest BCUT2D eigenvalue weighted by Crippen LogP contribution is -2.42. The molecule has 0 saturated carbocycles. The van der Waals surface area contributed by atoms with Crippen molar-refractivity contribution >= 4 is 18.8 Å². The Kier molecular flexibility index (Phi) is 9.32. The maximum atomic E-state index is 13.4. The highest BCUT2D eigenvalue weighted by atomic mass is 19.2. The number of carbonyl (C=O) groups excluding carboxylic acids is 1. The maximum absolute atomic E-state index is 13.4. The van der Waals surface area contributed by atoms with Crippen molar-refractivity contribution in [1.29, 1.82) is 0 Å². The van der Waals surface area contributed by atoms with E-state index in [0.717, 1.165) is 24.1 Å². The topological polar surface area (TPSA) is 53.8 Å². The zero-order chi connectivity index (χ0) is 22.0. The van der Waals surface area contributed by atoms with Crippen LogP contribution in [0.3, 0.4) is 0 Å². The average molecular weight is 402 g/mol. The van der Waals surface area contributed by atoms with Crippen LogP contribution >= 0.6 is 0 Å². The van der Waals surface area contributed by atoms with Crippen LogP contribution in [0.15, 0.2) is 46.4 Å². The van der Waals surface area contributed by atoms with Gasteiger partial charge in [-0.05, 0) is 74.9 Å². The van der Waals surface area contributed by atoms with Gasteiger partial charge in [0.05, 0.1) is 6.54 Å². The Morgan fingerprint density at radius 3 is 2.34 bits per heavy atom. The van der Waals surface area contributed by atoms with Crippen molar-refractivity contribution in [2.45, 2.75) is 39.7 Å². The van der Waals surface area contributed by atoms with Crippen molar-refractivity contribution in [3.05, 3.63) is 59.2 Å². The number of hydrogen-bond donors (Lipinski definition) is 1. The van der Waals surface area contributed by atoms with Crippen molar-refractivity contribution in [2.75, 3.05) is 13.6 Å². The Morgan fingerprint density at radius 1 is 1.14 bits per heavy atom. The van der Waals surface area contributed by atoms with Gasteiger partial charge in [-0.25, -0.2) is 8.78 Å². The molecule has 4 nitrogen and oxygen atoms in total. The summed E-state index contributed by atoms with van der Waals surface area (Å²) < 4.78 is 26.5. The first-order valence-corrected chi connectivity index (χ1v) is 9.36. The van der Waals surface area contributed by atoms with Gasteiger partial charge in [0.2, 0.25) is 0 Å². The summed E-state index contributed by atoms with van der Waals surface area (Å²) in [6, 6.07) is 9.05. The van der Waals surface area contributed by atoms with Crippen LogP contribution in [-0.2, 0) is 0 Å². The fourth-order valence-electron chi connectivity index (χ4n) is 2.36. The molecule has 29 heavy (non-hydrogen) atoms. The number of aliphatic imine (C=N–C) groups is 2. The lowest BCUT2D eigenvalue weighted by Gasteiger charge is -2.24. The number of hydrogen-bond acceptors (Lipinski definition) is 3. The van der Waals surface area contributed by atoms with E-state index in [1.54, 1.807) is 25.4 Å². The Hall–Kier alpha value is -2.89. The van der Waals surface area contributed by atoms with Gasteiger partial charge >= 0.3 is 0 Å². The summed E-state index contributed by atoms with van der Waals surface area (Å²) >= 11 is 0. The Morgan fingerprint density at radius 2 is 1.83 bits per heavy atom. The first-order valence-electron chi connectivity index (χ1n) is 9.36. The number of rotatable bonds is 6. The number of nitrogens with one attached hydrogen (secondary N) is 1. The molecule has 0 heterocycles. The molecule has 0 aromatic heterocycles. The summed E-state index contributed by atoms with van der Waals surface area (Å²) in [6.45, 7) is 11.7. The lowest BCUT2D eigenvalue weighted by molar-refractivity contribution is 0.0911. The monoisotopic (exact) mass is 401 g/mol. The molecular formula is C23H29F2N3O. The maximum Gasteiger partial charge on any atom is 0.251 e. The largest absolute Gasteiger partial charge is 0.347 e. The second kappa shape index (κ2) is 11.2. The Bertz CT molecular complexity index is 876. The lowest BCUT2D eigenvalue weighted by atomic mass is 9.98. The summed E-state index contributed by atoms with van der Waals surface area (Å²) in [5, 5.41) is 2.98. The number of aryl methyl sites for hydroxylation is 1. The van der Waals surface area contributed by atoms with E-state index >= 15 is 0 Å². The standard InChI is InChI=1S/C19H21F2NO.C4H8N2/c1-5-19(3,4)22-18(23)15-9-12(2)8-14(10-15)13-6-7-16(20)17(21)11-13;1-5-3-4-6-2/h6-11H,5H2,1-4H3,(H,22,23);4H,1,3H2,2H3. The van der Waals surface area contributed by atoms with E-state index in [2.05, 4.69) is 22.0 Å². The van der Waals surface area contributed by atoms with Crippen molar-refractivity contribution < 1.29 is 13.6 Å². The summed E-state index contributed by atoms with van der Waals surface area (Å²) in [4.78, 5) is 19.6. The number of benzene rings is 2. The van der Waals surface area contributed by atoms with Gasteiger partial charge in [-0.2, -0.15) is 0 Å². The smallest absolute Gasteiger partial charge is 0.251 e. The molecule has 0 spiro atoms. The van der Waals surface area contributed by atoms with Crippen LogP contribution in [0.5, 0.6) is 0 Å². The predicted molar refractivity (Wildman–Crippen MR) is 117 cm³/mol. The first kappa shape index (κ1) is 24.1. The van der Waals surface area contributed by atoms with Gasteiger partial charge in [0, 0.05) is 24.4 Å². The van der Waals surface area contributed by atoms with Gasteiger partial charge < -0.3 is 5.32 Å². The van der Waals surface area contributed by atoms with Crippen molar-refractivity contribution in [3.8, 4) is 11.1 Å². The molecule has 6 heteroatoms. The molecular weight excluding hydrogens is 372 g/mol. The van der Waals surface area contributed by atoms with Crippen LogP contribution in [0.2, 0.25) is 0 Å². The minimum atomic E-state index is -0.901. The number of carbonyl (C=O) groups is 1. The molecule has 0 saturated heterocycles. The highest BCUT2D eigenvalue weighted by Gasteiger charge is 2.19. The Labute approximate surface area is 171 Å². The van der Waals surface area contributed by atoms with Crippen molar-refractivity contribution in [1.82, 2.24) is 5.32 Å². The molecule has 2 rings (SSSR count). The van der Waals surface area contributed by atoms with Crippen LogP contribution in [0, 0.1) is 18.6 Å². The van der Waals surface area contributed by atoms with E-state index in [0.29, 0.717) is 23.2 Å². The third-order valence-corrected chi connectivity index (χ3v) is 4.32. The molecule has 156 valence electrons. The number of nitrogens with zero attached hydrogens (tertiary/aromatic N) is 2. The summed E-state index contributed by atoms with van der Waals surface area (Å²) in [7, 11) is 1.71. The van der Waals surface area contributed by atoms with Crippen molar-refractivity contribution in [2.24, 2.45) is 9.98 Å². The predicted octanol–water partition coefficient (Wildman–Crippen LogP) is 5.25. The third kappa shape index (κ3) is 7.94. The second-order valence-corrected chi connectivity index (χ2v) is 7.26. The van der Waals surface area contributed by atoms with Crippen LogP contribution in [0.4, 0.5) is 8.78 Å². The van der Waals surface area contributed by atoms with Crippen LogP contribution in [0.25, 0.3) is 11.1 Å². The summed E-state index contributed by atoms with van der Waals surface area (Å²) in [6.07, 6.45) is 2.51. The molecule has 0 aliphatic rings. The van der Waals surface area contributed by atoms with E-state index in [1.165, 1.54) is 6.07 Å². The quantitative estimate of drug-likeness (QED) is 0.661. The van der Waals surface area contributed by atoms with E-state index in [9.17, 15) is 13.6 Å². The van der Waals surface area contributed by atoms with E-state index in [4.69, 9.17) is 0 Å². The van der Waals surface area contributed by atoms with Gasteiger partial charge in [0.1, 0.15) is 0 Å². The van der Waals surface area contributed by atoms with E-state index < -0.39 is 11.6 Å². The highest BCUT2D eigenvalue weighted by molar-refractivity contribution is 5.96. The molecule has 2 aromatic carbocycles. The molecule has 1 amide bonds. The Balaban J connectivity index is 0.000000612. The minimum absolute atomic E-state index is 0.176. The molecule has 0 fully saturated rings. The van der Waals surface area contributed by atoms with E-state index in [-0.39, 0.29) is 11.4 Å². The van der Waals surface area contributed by atoms with Gasteiger partial charge in [-0.3, -0.25) is 14.8 Å². The molecule has 1 N–H and O–H groups in total. The zero-order valence-electron chi connectivity index (χ0n) is 17.7. The molecule has 0 bridgehead atoms. The van der Waals surface area contributed by atoms with Gasteiger partial charge in [-0.15, -0.1) is 0 Å². The number of halogens is 2. The van der Waals surface area contributed by atoms with Crippen LogP contribution < -0.4 is 5.32 Å². The normalized spacial score (nSPS) is 11.0. The third-order valence-electron chi connectivity index (χ3n) is 4.32. The molecule has 0 atom stereocenters. The molecule has 0 radical (unpaired) electrons. The van der Waals surface area contributed by atoms with Gasteiger partial charge in [0.15, 0.2) is 11.6 Å². The molecule has 2 aromatic rings. The van der Waals surface area contributed by atoms with Crippen LogP contribution in [0.1, 0.15) is 43.1 Å². The fraction of sp³-hybridized carbons (Fsp3) is 0.348. The minimum Gasteiger partial charge on any atom is -0.347 e. The van der Waals surface area contributed by atoms with Crippen molar-refractivity contribution in [3.63, 3.8) is 0 Å². The zero-order valence-corrected chi connectivity index (χ0v) is 17.7. The fourth-order valence-corrected chi connectivity index (χ4v) is 2.36. The van der Waals surface area contributed by atoms with Gasteiger partial charge in [0.25, 0.3) is 5.91 Å². The van der Waals surface area contributed by atoms with Crippen LogP contribution in [-0.4, -0.2) is 38.0 Å². The number of amides is 1. The summed E-state index contributed by atoms with van der Waals surface area (Å²) in [5.41, 5.74) is 2.31. The van der Waals surface area contributed by atoms with E-state index in [1.807, 2.05) is 33.8 Å². The molecule has 0 aliphatic heterocycles. The molecule has 0 aliphatic carbocycles. The second-order valence-electron chi connectivity index (χ2n) is 7.26. The first-order chi connectivity index (χ1) is 13.6. The molecule has 0 unspecified atom stereocenters. The summed E-state index contributed by atoms with van der Waals surface area (Å²) in [5.74, 6) is -1.96. The average Bonchev–Trinajstić information content (AvgIpc) is 2.68. The van der Waals surface area contributed by atoms with Gasteiger partial charge in [-0.1, -0.05) is 19.1 Å².